The van der Waals surface area contributed by atoms with Crippen molar-refractivity contribution in [1.29, 1.82) is 0 Å². The molecular formula is C14H17NO. The van der Waals surface area contributed by atoms with Crippen molar-refractivity contribution in [3.05, 3.63) is 41.0 Å². The SMILES string of the molecule is Cc1ccc(/C=C2\CCCC\C2=N\O)cc1. The second kappa shape index (κ2) is 4.97. The summed E-state index contributed by atoms with van der Waals surface area (Å²) >= 11 is 0. The molecule has 84 valence electrons. The normalized spacial score (nSPS) is 21.6. The Hall–Kier alpha value is -1.57. The summed E-state index contributed by atoms with van der Waals surface area (Å²) < 4.78 is 0. The van der Waals surface area contributed by atoms with E-state index in [-0.39, 0.29) is 0 Å². The minimum Gasteiger partial charge on any atom is -0.411 e. The predicted octanol–water partition coefficient (Wildman–Crippen LogP) is 3.78. The average Bonchev–Trinajstić information content (AvgIpc) is 2.33. The van der Waals surface area contributed by atoms with Gasteiger partial charge in [0, 0.05) is 0 Å². The van der Waals surface area contributed by atoms with Crippen molar-refractivity contribution in [2.24, 2.45) is 5.16 Å². The lowest BCUT2D eigenvalue weighted by Crippen LogP contribution is -2.08. The quantitative estimate of drug-likeness (QED) is 0.561. The van der Waals surface area contributed by atoms with Gasteiger partial charge >= 0.3 is 0 Å². The van der Waals surface area contributed by atoms with Crippen molar-refractivity contribution in [2.45, 2.75) is 32.6 Å². The van der Waals surface area contributed by atoms with Crippen LogP contribution >= 0.6 is 0 Å². The lowest BCUT2D eigenvalue weighted by Gasteiger charge is -2.15. The van der Waals surface area contributed by atoms with Crippen molar-refractivity contribution in [3.8, 4) is 0 Å². The minimum absolute atomic E-state index is 0.854. The first-order valence-corrected chi connectivity index (χ1v) is 5.78. The van der Waals surface area contributed by atoms with Crippen LogP contribution in [-0.4, -0.2) is 10.9 Å². The van der Waals surface area contributed by atoms with Crippen molar-refractivity contribution < 1.29 is 5.21 Å². The van der Waals surface area contributed by atoms with Crippen molar-refractivity contribution in [1.82, 2.24) is 0 Å². The van der Waals surface area contributed by atoms with Gasteiger partial charge in [-0.1, -0.05) is 35.0 Å². The van der Waals surface area contributed by atoms with Crippen LogP contribution in [0.1, 0.15) is 36.8 Å². The predicted molar refractivity (Wildman–Crippen MR) is 66.8 cm³/mol. The number of hydrogen-bond acceptors (Lipinski definition) is 2. The molecule has 2 nitrogen and oxygen atoms in total. The Bertz CT molecular complexity index is 415. The van der Waals surface area contributed by atoms with Gasteiger partial charge in [-0.25, -0.2) is 0 Å². The van der Waals surface area contributed by atoms with Crippen LogP contribution in [0.3, 0.4) is 0 Å². The van der Waals surface area contributed by atoms with E-state index in [0.29, 0.717) is 0 Å². The van der Waals surface area contributed by atoms with E-state index in [9.17, 15) is 0 Å². The third kappa shape index (κ3) is 2.51. The van der Waals surface area contributed by atoms with Crippen LogP contribution in [0.5, 0.6) is 0 Å². The van der Waals surface area contributed by atoms with Crippen molar-refractivity contribution in [2.75, 3.05) is 0 Å². The highest BCUT2D eigenvalue weighted by molar-refractivity contribution is 6.03. The Kier molecular flexibility index (Phi) is 3.40. The maximum Gasteiger partial charge on any atom is 0.0827 e. The van der Waals surface area contributed by atoms with Gasteiger partial charge in [-0.05, 0) is 49.8 Å². The van der Waals surface area contributed by atoms with Crippen LogP contribution in [0.25, 0.3) is 6.08 Å². The highest BCUT2D eigenvalue weighted by Crippen LogP contribution is 2.23. The van der Waals surface area contributed by atoms with Crippen LogP contribution in [0, 0.1) is 6.92 Å². The van der Waals surface area contributed by atoms with Crippen molar-refractivity contribution in [3.63, 3.8) is 0 Å². The summed E-state index contributed by atoms with van der Waals surface area (Å²) in [5.41, 5.74) is 4.48. The second-order valence-corrected chi connectivity index (χ2v) is 4.33. The molecule has 1 aliphatic rings. The van der Waals surface area contributed by atoms with E-state index in [1.807, 2.05) is 0 Å². The molecule has 0 saturated heterocycles. The monoisotopic (exact) mass is 215 g/mol. The molecule has 1 aliphatic carbocycles. The molecule has 1 N–H and O–H groups in total. The zero-order chi connectivity index (χ0) is 11.4. The molecule has 16 heavy (non-hydrogen) atoms. The van der Waals surface area contributed by atoms with Crippen LogP contribution in [0.2, 0.25) is 0 Å². The Morgan fingerprint density at radius 2 is 1.81 bits per heavy atom. The fraction of sp³-hybridized carbons (Fsp3) is 0.357. The van der Waals surface area contributed by atoms with Crippen LogP contribution < -0.4 is 0 Å². The fourth-order valence-corrected chi connectivity index (χ4v) is 2.05. The average molecular weight is 215 g/mol. The van der Waals surface area contributed by atoms with Crippen molar-refractivity contribution >= 4 is 11.8 Å². The summed E-state index contributed by atoms with van der Waals surface area (Å²) in [6.07, 6.45) is 6.37. The van der Waals surface area contributed by atoms with Gasteiger partial charge in [0.25, 0.3) is 0 Å². The molecule has 2 rings (SSSR count). The Morgan fingerprint density at radius 3 is 2.50 bits per heavy atom. The number of aryl methyl sites for hydroxylation is 1. The van der Waals surface area contributed by atoms with E-state index >= 15 is 0 Å². The van der Waals surface area contributed by atoms with Gasteiger partial charge in [0.15, 0.2) is 0 Å². The highest BCUT2D eigenvalue weighted by atomic mass is 16.4. The lowest BCUT2D eigenvalue weighted by atomic mass is 9.91. The van der Waals surface area contributed by atoms with Crippen LogP contribution in [0.15, 0.2) is 35.0 Å². The number of nitrogens with zero attached hydrogens (tertiary/aromatic N) is 1. The first-order chi connectivity index (χ1) is 7.79. The summed E-state index contributed by atoms with van der Waals surface area (Å²) in [5, 5.41) is 12.3. The van der Waals surface area contributed by atoms with E-state index in [1.165, 1.54) is 23.1 Å². The van der Waals surface area contributed by atoms with E-state index in [2.05, 4.69) is 42.4 Å². The first-order valence-electron chi connectivity index (χ1n) is 5.78. The minimum atomic E-state index is 0.854. The number of oxime groups is 1. The van der Waals surface area contributed by atoms with Gasteiger partial charge < -0.3 is 5.21 Å². The maximum absolute atomic E-state index is 8.93. The zero-order valence-electron chi connectivity index (χ0n) is 9.61. The summed E-state index contributed by atoms with van der Waals surface area (Å²) in [6, 6.07) is 8.41. The molecule has 2 heteroatoms. The van der Waals surface area contributed by atoms with E-state index in [1.54, 1.807) is 0 Å². The van der Waals surface area contributed by atoms with Crippen LogP contribution in [0.4, 0.5) is 0 Å². The second-order valence-electron chi connectivity index (χ2n) is 4.33. The van der Waals surface area contributed by atoms with Crippen LogP contribution in [-0.2, 0) is 0 Å². The molecule has 0 aliphatic heterocycles. The summed E-state index contributed by atoms with van der Waals surface area (Å²) in [4.78, 5) is 0. The molecule has 1 aromatic rings. The van der Waals surface area contributed by atoms with Gasteiger partial charge in [-0.2, -0.15) is 0 Å². The lowest BCUT2D eigenvalue weighted by molar-refractivity contribution is 0.316. The summed E-state index contributed by atoms with van der Waals surface area (Å²) in [5.74, 6) is 0. The standard InChI is InChI=1S/C14H17NO/c1-11-6-8-12(9-7-11)10-13-4-2-3-5-14(13)15-16/h6-10,16H,2-5H2,1H3/b13-10+,15-14-. The molecule has 1 saturated carbocycles. The molecule has 0 bridgehead atoms. The van der Waals surface area contributed by atoms with E-state index < -0.39 is 0 Å². The Balaban J connectivity index is 2.25. The molecular weight excluding hydrogens is 198 g/mol. The number of benzene rings is 1. The summed E-state index contributed by atoms with van der Waals surface area (Å²) in [6.45, 7) is 2.08. The van der Waals surface area contributed by atoms with Gasteiger partial charge in [0.2, 0.25) is 0 Å². The van der Waals surface area contributed by atoms with E-state index in [4.69, 9.17) is 5.21 Å². The molecule has 0 spiro atoms. The number of rotatable bonds is 1. The smallest absolute Gasteiger partial charge is 0.0827 e. The van der Waals surface area contributed by atoms with E-state index in [0.717, 1.165) is 25.0 Å². The molecule has 0 aromatic heterocycles. The molecule has 0 unspecified atom stereocenters. The molecule has 0 atom stereocenters. The highest BCUT2D eigenvalue weighted by Gasteiger charge is 2.13. The molecule has 0 amide bonds. The zero-order valence-corrected chi connectivity index (χ0v) is 9.61. The molecule has 1 fully saturated rings. The third-order valence-electron chi connectivity index (χ3n) is 3.02. The third-order valence-corrected chi connectivity index (χ3v) is 3.02. The first kappa shape index (κ1) is 10.9. The number of hydrogen-bond donors (Lipinski definition) is 1. The van der Waals surface area contributed by atoms with Gasteiger partial charge in [-0.3, -0.25) is 0 Å². The number of allylic oxidation sites excluding steroid dienone is 1. The van der Waals surface area contributed by atoms with Gasteiger partial charge in [0.1, 0.15) is 0 Å². The maximum atomic E-state index is 8.93. The molecule has 0 heterocycles. The Labute approximate surface area is 96.3 Å². The largest absolute Gasteiger partial charge is 0.411 e. The molecule has 0 radical (unpaired) electrons. The topological polar surface area (TPSA) is 32.6 Å². The fourth-order valence-electron chi connectivity index (χ4n) is 2.05. The summed E-state index contributed by atoms with van der Waals surface area (Å²) in [7, 11) is 0. The van der Waals surface area contributed by atoms with Gasteiger partial charge in [-0.15, -0.1) is 0 Å². The van der Waals surface area contributed by atoms with Gasteiger partial charge in [0.05, 0.1) is 5.71 Å². The Morgan fingerprint density at radius 1 is 1.12 bits per heavy atom. The molecule has 1 aromatic carbocycles.